The molecule has 140 heavy (non-hydrogen) atoms. The minimum Gasteiger partial charge on any atom is -0.394 e. The summed E-state index contributed by atoms with van der Waals surface area (Å²) in [5.41, 5.74) is 24.3. The first-order valence-electron chi connectivity index (χ1n) is 47.9. The number of hydrogen-bond acceptors (Lipinski definition) is 26. The Bertz CT molecular complexity index is 4720. The van der Waals surface area contributed by atoms with Crippen molar-refractivity contribution in [1.82, 2.24) is 121 Å². The molecule has 1 aliphatic heterocycles. The normalized spacial score (nSPS) is 17.5. The summed E-state index contributed by atoms with van der Waals surface area (Å²) in [4.78, 5) is 246. The maximum Gasteiger partial charge on any atom is 0.312 e. The second-order valence-electron chi connectivity index (χ2n) is 34.2. The Kier molecular flexibility index (Phi) is 54.0. The summed E-state index contributed by atoms with van der Waals surface area (Å²) in [5, 5.41) is 84.3. The van der Waals surface area contributed by atoms with Crippen LogP contribution >= 0.6 is 0 Å². The lowest BCUT2D eigenvalue weighted by atomic mass is 10.0. The predicted molar refractivity (Wildman–Crippen MR) is 509 cm³/mol. The molecule has 772 valence electrons. The molecule has 3 aromatic heterocycles. The minimum atomic E-state index is -1.94. The molecule has 1 fully saturated rings. The summed E-state index contributed by atoms with van der Waals surface area (Å²) < 4.78 is 10.8. The van der Waals surface area contributed by atoms with Crippen LogP contribution in [0.4, 0.5) is 4.79 Å². The molecule has 0 aliphatic carbocycles. The second-order valence-corrected chi connectivity index (χ2v) is 34.2. The van der Waals surface area contributed by atoms with Crippen LogP contribution in [0.5, 0.6) is 0 Å². The number of carbonyl (C=O) groups excluding carboxylic acids is 17. The average molecular weight is 1960 g/mol. The van der Waals surface area contributed by atoms with Gasteiger partial charge in [0.1, 0.15) is 78.9 Å². The average Bonchev–Trinajstić information content (AvgIpc) is 1.69. The largest absolute Gasteiger partial charge is 0.394 e. The number of aryl methyl sites for hydroxylation is 1. The van der Waals surface area contributed by atoms with Gasteiger partial charge < -0.3 is 138 Å². The zero-order chi connectivity index (χ0) is 102. The SMILES string of the molecule is CCCC[C@H](NC(=O)[C@H](CO)NC(=O)[C@H](Cc1cnc[nH]1)NC(=O)[C@@H](CCC(N)=O)NC(=O)[C@H](CO)NC(=O)CNC(=O)COCCOCCNC(=O)CCCCCCCCCCCCCCCc1nnn[nH]1)C(=O)N[C@H]1CCC(=O)NCCCC[C@@H](C(N)=O)NC(=O)[C@H](Cc2c[nH]c3ccccc23)NC(=O)[C@H](CCCNC(=N)N)NC(=O)[C@@H](Cc2ccccc2)NC(=O)[C@H](CCCNC(N)=O)NC1=O. The standard InChI is InChI=1S/C91H142N28O21/c1-2-3-29-63(109-89(137)72(54-121)115-87(135)70(49-59-51-97-56-104-59)114-84(132)66(36-38-73(92)122)111-88(136)71(53-120)105-77(125)52-103-78(126)55-140-46-45-139-44-43-99-75(123)35-19-14-12-10-8-6-4-5-7-9-11-13-18-34-74-116-118-119-117-74)80(128)110-67-37-39-76(124)98-40-23-22-31-62(79(93)127)106-86(134)69(48-58-50-102-61-30-21-20-28-60(58)61)113-82(130)65(32-24-41-100-90(94)95)108-85(133)68(47-57-26-16-15-17-27-57)112-81(129)64(107-83(67)131)33-25-42-101-91(96)138/h15-17,20-21,26-28,30,50-51,56,62-72,102,120-121H,2-14,18-19,22-25,29,31-49,52-55H2,1H3,(H2,92,122)(H2,93,127)(H,97,104)(H,98,124)(H,99,123)(H,103,126)(H,105,125)(H,106,134)(H,107,131)(H,108,133)(H,109,137)(H,110,128)(H,111,136)(H,112,129)(H,113,130)(H,114,132)(H,115,135)(H4,94,95,100)(H3,96,101,138)(H,116,117,118,119)/t62-,63-,64-,65-,66+,67-,68+,69-,70-,71-,72-/m0/s1. The molecule has 0 unspecified atom stereocenters. The highest BCUT2D eigenvalue weighted by molar-refractivity contribution is 6.00. The van der Waals surface area contributed by atoms with Crippen molar-refractivity contribution in [2.24, 2.45) is 22.9 Å². The fourth-order valence-corrected chi connectivity index (χ4v) is 15.2. The Balaban J connectivity index is 1.09. The highest BCUT2D eigenvalue weighted by Gasteiger charge is 2.38. The van der Waals surface area contributed by atoms with Crippen LogP contribution < -0.4 is 108 Å². The molecule has 1 saturated heterocycles. The Morgan fingerprint density at radius 2 is 1.10 bits per heavy atom. The molecule has 0 bridgehead atoms. The van der Waals surface area contributed by atoms with Gasteiger partial charge in [0.2, 0.25) is 94.5 Å². The van der Waals surface area contributed by atoms with Crippen molar-refractivity contribution in [2.75, 3.05) is 72.4 Å². The number of amides is 18. The number of nitrogens with two attached hydrogens (primary N) is 4. The first-order valence-corrected chi connectivity index (χ1v) is 47.9. The van der Waals surface area contributed by atoms with E-state index in [4.69, 9.17) is 37.8 Å². The highest BCUT2D eigenvalue weighted by atomic mass is 16.5. The molecule has 0 saturated carbocycles. The predicted octanol–water partition coefficient (Wildman–Crippen LogP) is -3.55. The van der Waals surface area contributed by atoms with Gasteiger partial charge in [0.25, 0.3) is 0 Å². The molecule has 49 nitrogen and oxygen atoms in total. The topological polar surface area (TPSA) is 768 Å². The number of carbonyl (C=O) groups is 17. The van der Waals surface area contributed by atoms with E-state index in [0.29, 0.717) is 34.9 Å². The van der Waals surface area contributed by atoms with Crippen molar-refractivity contribution in [2.45, 2.75) is 279 Å². The molecular formula is C91H142N28O21. The summed E-state index contributed by atoms with van der Waals surface area (Å²) in [7, 11) is 0. The molecule has 30 N–H and O–H groups in total. The third kappa shape index (κ3) is 46.1. The van der Waals surface area contributed by atoms with Gasteiger partial charge >= 0.3 is 6.03 Å². The number of nitrogens with zero attached hydrogens (tertiary/aromatic N) is 4. The zero-order valence-electron chi connectivity index (χ0n) is 79.4. The van der Waals surface area contributed by atoms with Crippen LogP contribution in [0.2, 0.25) is 0 Å². The van der Waals surface area contributed by atoms with Gasteiger partial charge in [0.15, 0.2) is 5.96 Å². The van der Waals surface area contributed by atoms with Gasteiger partial charge in [0, 0.05) is 100 Å². The number of aliphatic hydroxyl groups excluding tert-OH is 2. The van der Waals surface area contributed by atoms with Crippen molar-refractivity contribution < 1.29 is 101 Å². The number of tetrazole rings is 1. The Hall–Kier alpha value is -13.8. The van der Waals surface area contributed by atoms with Gasteiger partial charge in [-0.05, 0) is 105 Å². The number of urea groups is 1. The number of ether oxygens (including phenoxy) is 2. The molecule has 0 spiro atoms. The van der Waals surface area contributed by atoms with Crippen molar-refractivity contribution in [3.8, 4) is 0 Å². The number of para-hydroxylation sites is 1. The molecule has 11 atom stereocenters. The van der Waals surface area contributed by atoms with Gasteiger partial charge in [-0.3, -0.25) is 82.1 Å². The van der Waals surface area contributed by atoms with E-state index in [1.807, 2.05) is 0 Å². The third-order valence-electron chi connectivity index (χ3n) is 22.9. The fourth-order valence-electron chi connectivity index (χ4n) is 15.2. The van der Waals surface area contributed by atoms with Gasteiger partial charge in [0.05, 0.1) is 45.9 Å². The van der Waals surface area contributed by atoms with E-state index in [9.17, 15) is 77.3 Å². The van der Waals surface area contributed by atoms with Crippen molar-refractivity contribution >= 4 is 117 Å². The van der Waals surface area contributed by atoms with E-state index < -0.39 is 226 Å². The van der Waals surface area contributed by atoms with Crippen molar-refractivity contribution in [3.05, 3.63) is 96.0 Å². The van der Waals surface area contributed by atoms with Crippen LogP contribution in [0.25, 0.3) is 10.9 Å². The fraction of sp³-hybridized carbons (Fsp3) is 0.604. The molecule has 18 amide bonds. The first kappa shape index (κ1) is 115. The van der Waals surface area contributed by atoms with Crippen LogP contribution in [-0.4, -0.2) is 291 Å². The van der Waals surface area contributed by atoms with Gasteiger partial charge in [-0.2, -0.15) is 0 Å². The number of primary amides is 3. The van der Waals surface area contributed by atoms with Gasteiger partial charge in [-0.1, -0.05) is 139 Å². The molecule has 4 heterocycles. The summed E-state index contributed by atoms with van der Waals surface area (Å²) in [6, 6.07) is -3.50. The molecular weight excluding hydrogens is 1820 g/mol. The van der Waals surface area contributed by atoms with E-state index in [2.05, 4.69) is 121 Å². The lowest BCUT2D eigenvalue weighted by molar-refractivity contribution is -0.137. The molecule has 5 aromatic rings. The van der Waals surface area contributed by atoms with Gasteiger partial charge in [-0.25, -0.2) is 14.9 Å². The number of nitrogens with one attached hydrogen (secondary N) is 20. The number of fused-ring (bicyclic) bond motifs is 1. The highest BCUT2D eigenvalue weighted by Crippen LogP contribution is 2.22. The number of H-pyrrole nitrogens is 3. The van der Waals surface area contributed by atoms with Gasteiger partial charge in [-0.15, -0.1) is 5.10 Å². The molecule has 0 radical (unpaired) electrons. The summed E-state index contributed by atoms with van der Waals surface area (Å²) in [6.45, 7) is -1.34. The number of aromatic nitrogens is 7. The number of unbranched alkanes of at least 4 members (excludes halogenated alkanes) is 13. The van der Waals surface area contributed by atoms with Crippen LogP contribution in [0.15, 0.2) is 73.3 Å². The Morgan fingerprint density at radius 1 is 0.529 bits per heavy atom. The first-order chi connectivity index (χ1) is 67.4. The van der Waals surface area contributed by atoms with E-state index in [1.54, 1.807) is 67.7 Å². The summed E-state index contributed by atoms with van der Waals surface area (Å²) in [5.74, 6) is -14.5. The Labute approximate surface area is 811 Å². The number of benzene rings is 2. The van der Waals surface area contributed by atoms with Crippen LogP contribution in [0.1, 0.15) is 209 Å². The second kappa shape index (κ2) is 65.9. The molecule has 6 rings (SSSR count). The minimum absolute atomic E-state index is 0.0206. The van der Waals surface area contributed by atoms with E-state index in [0.717, 1.165) is 44.3 Å². The van der Waals surface area contributed by atoms with Crippen molar-refractivity contribution in [3.63, 3.8) is 0 Å². The molecule has 2 aromatic carbocycles. The third-order valence-corrected chi connectivity index (χ3v) is 22.9. The maximum absolute atomic E-state index is 15.1. The number of rotatable bonds is 60. The maximum atomic E-state index is 15.1. The number of imidazole rings is 1. The Morgan fingerprint density at radius 3 is 1.72 bits per heavy atom. The monoisotopic (exact) mass is 1960 g/mol. The van der Waals surface area contributed by atoms with Crippen LogP contribution in [0.3, 0.4) is 0 Å². The molecule has 49 heteroatoms. The number of hydrogen-bond donors (Lipinski definition) is 26. The van der Waals surface area contributed by atoms with E-state index in [-0.39, 0.29) is 128 Å². The number of guanidine groups is 1. The summed E-state index contributed by atoms with van der Waals surface area (Å²) >= 11 is 0. The quantitative estimate of drug-likeness (QED) is 0.0102. The van der Waals surface area contributed by atoms with E-state index in [1.165, 1.54) is 63.9 Å². The number of aliphatic hydroxyl groups is 2. The van der Waals surface area contributed by atoms with Crippen LogP contribution in [-0.2, 0) is 112 Å². The van der Waals surface area contributed by atoms with Crippen molar-refractivity contribution in [1.29, 1.82) is 5.41 Å². The zero-order valence-corrected chi connectivity index (χ0v) is 79.4. The number of aromatic amines is 3. The molecule has 1 aliphatic rings. The lowest BCUT2D eigenvalue weighted by Crippen LogP contribution is -2.61. The van der Waals surface area contributed by atoms with Crippen LogP contribution in [0, 0.1) is 5.41 Å². The smallest absolute Gasteiger partial charge is 0.312 e. The van der Waals surface area contributed by atoms with E-state index >= 15 is 14.4 Å². The lowest BCUT2D eigenvalue weighted by Gasteiger charge is -2.28. The summed E-state index contributed by atoms with van der Waals surface area (Å²) in [6.07, 6.45) is 17.6.